The highest BCUT2D eigenvalue weighted by Crippen LogP contribution is 2.21. The van der Waals surface area contributed by atoms with E-state index in [2.05, 4.69) is 5.32 Å². The van der Waals surface area contributed by atoms with E-state index < -0.39 is 0 Å². The summed E-state index contributed by atoms with van der Waals surface area (Å²) in [6.45, 7) is 1.89. The molecule has 0 heterocycles. The van der Waals surface area contributed by atoms with E-state index in [0.29, 0.717) is 5.57 Å². The molecule has 0 aliphatic carbocycles. The molecule has 0 aliphatic rings. The van der Waals surface area contributed by atoms with Gasteiger partial charge in [-0.15, -0.1) is 0 Å². The van der Waals surface area contributed by atoms with Crippen LogP contribution in [0.4, 0.5) is 4.39 Å². The first-order chi connectivity index (χ1) is 12.6. The highest BCUT2D eigenvalue weighted by molar-refractivity contribution is 6.24. The number of amides is 1. The number of hydrogen-bond acceptors (Lipinski definition) is 1. The Labute approximate surface area is 153 Å². The van der Waals surface area contributed by atoms with Crippen LogP contribution in [0, 0.1) is 5.82 Å². The average molecular weight is 345 g/mol. The third-order valence-electron chi connectivity index (χ3n) is 4.16. The summed E-state index contributed by atoms with van der Waals surface area (Å²) in [5.74, 6) is -0.460. The Morgan fingerprint density at radius 2 is 1.46 bits per heavy atom. The maximum atomic E-state index is 13.1. The average Bonchev–Trinajstić information content (AvgIpc) is 2.68. The lowest BCUT2D eigenvalue weighted by molar-refractivity contribution is -0.116. The van der Waals surface area contributed by atoms with Crippen molar-refractivity contribution >= 4 is 17.6 Å². The Kier molecular flexibility index (Phi) is 5.59. The van der Waals surface area contributed by atoms with Crippen molar-refractivity contribution in [3.05, 3.63) is 107 Å². The minimum atomic E-state index is -0.291. The monoisotopic (exact) mass is 345 g/mol. The predicted octanol–water partition coefficient (Wildman–Crippen LogP) is 5.24. The quantitative estimate of drug-likeness (QED) is 0.497. The molecule has 1 atom stereocenters. The Balaban J connectivity index is 1.88. The van der Waals surface area contributed by atoms with Crippen LogP contribution in [0.1, 0.15) is 29.7 Å². The van der Waals surface area contributed by atoms with Gasteiger partial charge in [0.25, 0.3) is 5.91 Å². The number of carbonyl (C=O) groups excluding carboxylic acids is 1. The normalized spacial score (nSPS) is 12.5. The topological polar surface area (TPSA) is 29.1 Å². The summed E-state index contributed by atoms with van der Waals surface area (Å²) in [6.07, 6.45) is 1.88. The number of nitrogens with one attached hydrogen (secondary N) is 1. The summed E-state index contributed by atoms with van der Waals surface area (Å²) in [6, 6.07) is 25.2. The zero-order valence-electron chi connectivity index (χ0n) is 14.5. The summed E-state index contributed by atoms with van der Waals surface area (Å²) >= 11 is 0. The lowest BCUT2D eigenvalue weighted by Crippen LogP contribution is -2.27. The molecule has 3 heteroatoms. The van der Waals surface area contributed by atoms with Gasteiger partial charge in [-0.3, -0.25) is 4.79 Å². The molecule has 0 saturated heterocycles. The molecule has 3 aromatic rings. The first kappa shape index (κ1) is 17.6. The molecule has 0 bridgehead atoms. The van der Waals surface area contributed by atoms with Crippen molar-refractivity contribution in [1.29, 1.82) is 0 Å². The molecular formula is C23H20FNO. The molecule has 1 amide bonds. The highest BCUT2D eigenvalue weighted by Gasteiger charge is 2.15. The molecule has 0 radical (unpaired) electrons. The van der Waals surface area contributed by atoms with Crippen LogP contribution in [0.5, 0.6) is 0 Å². The molecule has 2 nitrogen and oxygen atoms in total. The first-order valence-electron chi connectivity index (χ1n) is 8.52. The van der Waals surface area contributed by atoms with Crippen LogP contribution in [0.2, 0.25) is 0 Å². The predicted molar refractivity (Wildman–Crippen MR) is 104 cm³/mol. The second kappa shape index (κ2) is 8.26. The van der Waals surface area contributed by atoms with Gasteiger partial charge < -0.3 is 5.32 Å². The third kappa shape index (κ3) is 4.45. The van der Waals surface area contributed by atoms with Gasteiger partial charge in [-0.25, -0.2) is 4.39 Å². The van der Waals surface area contributed by atoms with Gasteiger partial charge in [0.2, 0.25) is 0 Å². The number of carbonyl (C=O) groups is 1. The van der Waals surface area contributed by atoms with Crippen molar-refractivity contribution in [3.63, 3.8) is 0 Å². The minimum absolute atomic E-state index is 0.170. The van der Waals surface area contributed by atoms with E-state index in [0.717, 1.165) is 16.7 Å². The third-order valence-corrected chi connectivity index (χ3v) is 4.16. The Bertz CT molecular complexity index is 887. The Morgan fingerprint density at radius 1 is 0.885 bits per heavy atom. The van der Waals surface area contributed by atoms with Crippen LogP contribution in [0.25, 0.3) is 11.6 Å². The van der Waals surface area contributed by atoms with Gasteiger partial charge in [0.1, 0.15) is 5.82 Å². The van der Waals surface area contributed by atoms with Crippen LogP contribution in [-0.2, 0) is 4.79 Å². The van der Waals surface area contributed by atoms with Crippen molar-refractivity contribution in [1.82, 2.24) is 5.32 Å². The maximum Gasteiger partial charge on any atom is 0.252 e. The standard InChI is InChI=1S/C23H20FNO/c1-17(19-12-14-21(24)15-13-19)25-23(26)22(20-10-6-3-7-11-20)16-18-8-4-2-5-9-18/h2-17H,1H3,(H,25,26)/b22-16+. The summed E-state index contributed by atoms with van der Waals surface area (Å²) in [7, 11) is 0. The van der Waals surface area contributed by atoms with Crippen molar-refractivity contribution in [2.75, 3.05) is 0 Å². The molecule has 0 fully saturated rings. The first-order valence-corrected chi connectivity index (χ1v) is 8.52. The molecule has 3 aromatic carbocycles. The largest absolute Gasteiger partial charge is 0.345 e. The minimum Gasteiger partial charge on any atom is -0.345 e. The molecule has 0 spiro atoms. The van der Waals surface area contributed by atoms with Gasteiger partial charge in [-0.1, -0.05) is 72.8 Å². The maximum absolute atomic E-state index is 13.1. The Hall–Kier alpha value is -3.20. The summed E-state index contributed by atoms with van der Waals surface area (Å²) in [4.78, 5) is 12.9. The number of rotatable bonds is 5. The summed E-state index contributed by atoms with van der Waals surface area (Å²) < 4.78 is 13.1. The second-order valence-electron chi connectivity index (χ2n) is 6.08. The van der Waals surface area contributed by atoms with Gasteiger partial charge >= 0.3 is 0 Å². The molecule has 1 unspecified atom stereocenters. The van der Waals surface area contributed by atoms with Gasteiger partial charge in [-0.05, 0) is 41.8 Å². The molecular weight excluding hydrogens is 325 g/mol. The van der Waals surface area contributed by atoms with E-state index >= 15 is 0 Å². The number of hydrogen-bond donors (Lipinski definition) is 1. The molecule has 0 aliphatic heterocycles. The van der Waals surface area contributed by atoms with Crippen molar-refractivity contribution in [2.24, 2.45) is 0 Å². The zero-order chi connectivity index (χ0) is 18.4. The van der Waals surface area contributed by atoms with Crippen LogP contribution in [0.3, 0.4) is 0 Å². The van der Waals surface area contributed by atoms with E-state index in [1.807, 2.05) is 73.7 Å². The van der Waals surface area contributed by atoms with Crippen LogP contribution < -0.4 is 5.32 Å². The molecule has 3 rings (SSSR count). The fourth-order valence-electron chi connectivity index (χ4n) is 2.72. The highest BCUT2D eigenvalue weighted by atomic mass is 19.1. The second-order valence-corrected chi connectivity index (χ2v) is 6.08. The van der Waals surface area contributed by atoms with Crippen LogP contribution >= 0.6 is 0 Å². The van der Waals surface area contributed by atoms with E-state index in [1.165, 1.54) is 12.1 Å². The smallest absolute Gasteiger partial charge is 0.252 e. The summed E-state index contributed by atoms with van der Waals surface area (Å²) in [5, 5.41) is 3.00. The Morgan fingerprint density at radius 3 is 2.08 bits per heavy atom. The zero-order valence-corrected chi connectivity index (χ0v) is 14.5. The number of halogens is 1. The summed E-state index contributed by atoms with van der Waals surface area (Å²) in [5.41, 5.74) is 3.24. The SMILES string of the molecule is CC(NC(=O)/C(=C/c1ccccc1)c1ccccc1)c1ccc(F)cc1. The van der Waals surface area contributed by atoms with Crippen LogP contribution in [-0.4, -0.2) is 5.91 Å². The fraction of sp³-hybridized carbons (Fsp3) is 0.0870. The molecule has 130 valence electrons. The van der Waals surface area contributed by atoms with Crippen molar-refractivity contribution in [3.8, 4) is 0 Å². The molecule has 0 saturated carbocycles. The van der Waals surface area contributed by atoms with Gasteiger partial charge in [0, 0.05) is 5.57 Å². The molecule has 0 aromatic heterocycles. The lowest BCUT2D eigenvalue weighted by atomic mass is 10.0. The van der Waals surface area contributed by atoms with Crippen molar-refractivity contribution in [2.45, 2.75) is 13.0 Å². The van der Waals surface area contributed by atoms with E-state index in [9.17, 15) is 9.18 Å². The van der Waals surface area contributed by atoms with Crippen molar-refractivity contribution < 1.29 is 9.18 Å². The van der Waals surface area contributed by atoms with E-state index in [-0.39, 0.29) is 17.8 Å². The van der Waals surface area contributed by atoms with Gasteiger partial charge in [0.15, 0.2) is 0 Å². The van der Waals surface area contributed by atoms with E-state index in [1.54, 1.807) is 12.1 Å². The fourth-order valence-corrected chi connectivity index (χ4v) is 2.72. The number of benzene rings is 3. The van der Waals surface area contributed by atoms with E-state index in [4.69, 9.17) is 0 Å². The van der Waals surface area contributed by atoms with Gasteiger partial charge in [0.05, 0.1) is 6.04 Å². The lowest BCUT2D eigenvalue weighted by Gasteiger charge is -2.16. The molecule has 1 N–H and O–H groups in total. The van der Waals surface area contributed by atoms with Crippen LogP contribution in [0.15, 0.2) is 84.9 Å². The van der Waals surface area contributed by atoms with Gasteiger partial charge in [-0.2, -0.15) is 0 Å². The molecule has 26 heavy (non-hydrogen) atoms.